The average molecular weight is 217 g/mol. The van der Waals surface area contributed by atoms with Gasteiger partial charge in [0.25, 0.3) is 0 Å². The van der Waals surface area contributed by atoms with Crippen molar-refractivity contribution < 1.29 is 4.74 Å². The molecule has 0 N–H and O–H groups in total. The van der Waals surface area contributed by atoms with Crippen molar-refractivity contribution in [1.82, 2.24) is 0 Å². The molecule has 2 atom stereocenters. The highest BCUT2D eigenvalue weighted by Gasteiger charge is 2.31. The molecule has 2 heteroatoms. The van der Waals surface area contributed by atoms with E-state index in [-0.39, 0.29) is 0 Å². The van der Waals surface area contributed by atoms with Crippen molar-refractivity contribution in [2.45, 2.75) is 69.5 Å². The predicted octanol–water partition coefficient (Wildman–Crippen LogP) is 3.74. The van der Waals surface area contributed by atoms with Gasteiger partial charge in [-0.3, -0.25) is 0 Å². The first-order valence-corrected chi connectivity index (χ1v) is 6.51. The lowest BCUT2D eigenvalue weighted by atomic mass is 9.85. The smallest absolute Gasteiger partial charge is 0.0607 e. The Labute approximate surface area is 92.2 Å². The number of alkyl halides is 1. The largest absolute Gasteiger partial charge is 0.375 e. The third-order valence-corrected chi connectivity index (χ3v) is 4.09. The van der Waals surface area contributed by atoms with Gasteiger partial charge < -0.3 is 4.74 Å². The Morgan fingerprint density at radius 1 is 1.14 bits per heavy atom. The van der Waals surface area contributed by atoms with E-state index in [0.29, 0.717) is 17.6 Å². The van der Waals surface area contributed by atoms with Gasteiger partial charge in [-0.05, 0) is 31.6 Å². The van der Waals surface area contributed by atoms with Crippen LogP contribution in [-0.2, 0) is 4.74 Å². The molecule has 0 aliphatic heterocycles. The maximum absolute atomic E-state index is 6.05. The van der Waals surface area contributed by atoms with Gasteiger partial charge >= 0.3 is 0 Å². The third-order valence-electron chi connectivity index (χ3n) is 3.73. The van der Waals surface area contributed by atoms with Crippen molar-refractivity contribution in [1.29, 1.82) is 0 Å². The van der Waals surface area contributed by atoms with Gasteiger partial charge in [-0.25, -0.2) is 0 Å². The van der Waals surface area contributed by atoms with Gasteiger partial charge in [0.05, 0.1) is 12.2 Å². The van der Waals surface area contributed by atoms with Crippen LogP contribution in [-0.4, -0.2) is 17.6 Å². The van der Waals surface area contributed by atoms with Crippen LogP contribution in [0.25, 0.3) is 0 Å². The fraction of sp³-hybridized carbons (Fsp3) is 1.00. The molecular formula is C12H21ClO. The lowest BCUT2D eigenvalue weighted by Gasteiger charge is -2.37. The molecule has 14 heavy (non-hydrogen) atoms. The SMILES string of the molecule is CCC1CCCC(OC2CC(Cl)C2)C1. The number of hydrogen-bond acceptors (Lipinski definition) is 1. The minimum Gasteiger partial charge on any atom is -0.375 e. The summed E-state index contributed by atoms with van der Waals surface area (Å²) >= 11 is 5.94. The van der Waals surface area contributed by atoms with Crippen LogP contribution >= 0.6 is 11.6 Å². The van der Waals surface area contributed by atoms with E-state index >= 15 is 0 Å². The second kappa shape index (κ2) is 4.85. The molecule has 2 saturated carbocycles. The van der Waals surface area contributed by atoms with Gasteiger partial charge in [0.1, 0.15) is 0 Å². The first-order valence-electron chi connectivity index (χ1n) is 6.07. The fourth-order valence-corrected chi connectivity index (χ4v) is 3.02. The molecule has 2 aliphatic carbocycles. The molecule has 0 aromatic heterocycles. The first kappa shape index (κ1) is 10.8. The number of halogens is 1. The zero-order valence-electron chi connectivity index (χ0n) is 9.05. The molecule has 0 aromatic carbocycles. The Balaban J connectivity index is 1.69. The van der Waals surface area contributed by atoms with E-state index < -0.39 is 0 Å². The van der Waals surface area contributed by atoms with Crippen molar-refractivity contribution in [2.75, 3.05) is 0 Å². The number of rotatable bonds is 3. The second-order valence-corrected chi connectivity index (χ2v) is 5.51. The summed E-state index contributed by atoms with van der Waals surface area (Å²) in [7, 11) is 0. The monoisotopic (exact) mass is 216 g/mol. The van der Waals surface area contributed by atoms with Crippen LogP contribution in [0.2, 0.25) is 0 Å². The molecule has 0 heterocycles. The zero-order chi connectivity index (χ0) is 9.97. The van der Waals surface area contributed by atoms with Crippen molar-refractivity contribution in [3.05, 3.63) is 0 Å². The minimum atomic E-state index is 0.394. The average Bonchev–Trinajstić information content (AvgIpc) is 2.16. The summed E-state index contributed by atoms with van der Waals surface area (Å²) in [6.07, 6.45) is 9.85. The summed E-state index contributed by atoms with van der Waals surface area (Å²) in [6, 6.07) is 0. The number of ether oxygens (including phenoxy) is 1. The van der Waals surface area contributed by atoms with E-state index in [1.807, 2.05) is 0 Å². The lowest BCUT2D eigenvalue weighted by Crippen LogP contribution is -2.36. The first-order chi connectivity index (χ1) is 6.78. The van der Waals surface area contributed by atoms with E-state index in [2.05, 4.69) is 6.92 Å². The Morgan fingerprint density at radius 3 is 2.57 bits per heavy atom. The molecule has 2 fully saturated rings. The van der Waals surface area contributed by atoms with Crippen molar-refractivity contribution in [3.63, 3.8) is 0 Å². The van der Waals surface area contributed by atoms with Gasteiger partial charge in [-0.1, -0.05) is 26.2 Å². The van der Waals surface area contributed by atoms with Gasteiger partial charge in [0.15, 0.2) is 0 Å². The molecule has 0 radical (unpaired) electrons. The van der Waals surface area contributed by atoms with Gasteiger partial charge in [0, 0.05) is 5.38 Å². The quantitative estimate of drug-likeness (QED) is 0.653. The minimum absolute atomic E-state index is 0.394. The molecule has 0 amide bonds. The highest BCUT2D eigenvalue weighted by molar-refractivity contribution is 6.21. The molecular weight excluding hydrogens is 196 g/mol. The van der Waals surface area contributed by atoms with E-state index in [1.165, 1.54) is 32.1 Å². The fourth-order valence-electron chi connectivity index (χ4n) is 2.62. The molecule has 1 nitrogen and oxygen atoms in total. The van der Waals surface area contributed by atoms with Crippen LogP contribution in [0, 0.1) is 5.92 Å². The molecule has 82 valence electrons. The van der Waals surface area contributed by atoms with E-state index in [4.69, 9.17) is 16.3 Å². The van der Waals surface area contributed by atoms with Crippen molar-refractivity contribution in [3.8, 4) is 0 Å². The predicted molar refractivity (Wildman–Crippen MR) is 59.8 cm³/mol. The standard InChI is InChI=1S/C12H21ClO/c1-2-9-4-3-5-11(6-9)14-12-7-10(13)8-12/h9-12H,2-8H2,1H3. The summed E-state index contributed by atoms with van der Waals surface area (Å²) < 4.78 is 6.05. The molecule has 2 rings (SSSR count). The molecule has 0 bridgehead atoms. The number of hydrogen-bond donors (Lipinski definition) is 0. The normalized spacial score (nSPS) is 43.3. The summed E-state index contributed by atoms with van der Waals surface area (Å²) in [5.41, 5.74) is 0. The molecule has 0 aromatic rings. The summed E-state index contributed by atoms with van der Waals surface area (Å²) in [4.78, 5) is 0. The molecule has 0 saturated heterocycles. The summed E-state index contributed by atoms with van der Waals surface area (Å²) in [5, 5.41) is 0.394. The maximum Gasteiger partial charge on any atom is 0.0607 e. The maximum atomic E-state index is 6.05. The van der Waals surface area contributed by atoms with Gasteiger partial charge in [-0.15, -0.1) is 11.6 Å². The Morgan fingerprint density at radius 2 is 1.93 bits per heavy atom. The highest BCUT2D eigenvalue weighted by atomic mass is 35.5. The molecule has 2 aliphatic rings. The van der Waals surface area contributed by atoms with Crippen molar-refractivity contribution in [2.24, 2.45) is 5.92 Å². The summed E-state index contributed by atoms with van der Waals surface area (Å²) in [5.74, 6) is 0.917. The Bertz CT molecular complexity index is 177. The van der Waals surface area contributed by atoms with E-state index in [1.54, 1.807) is 0 Å². The molecule has 0 spiro atoms. The van der Waals surface area contributed by atoms with Gasteiger partial charge in [0.2, 0.25) is 0 Å². The van der Waals surface area contributed by atoms with Crippen LogP contribution in [0.3, 0.4) is 0 Å². The highest BCUT2D eigenvalue weighted by Crippen LogP contribution is 2.34. The Hall–Kier alpha value is 0.250. The lowest BCUT2D eigenvalue weighted by molar-refractivity contribution is -0.0710. The van der Waals surface area contributed by atoms with Crippen molar-refractivity contribution >= 4 is 11.6 Å². The summed E-state index contributed by atoms with van der Waals surface area (Å²) in [6.45, 7) is 2.30. The van der Waals surface area contributed by atoms with E-state index in [9.17, 15) is 0 Å². The van der Waals surface area contributed by atoms with Crippen LogP contribution in [0.5, 0.6) is 0 Å². The van der Waals surface area contributed by atoms with Crippen LogP contribution in [0.4, 0.5) is 0 Å². The van der Waals surface area contributed by atoms with E-state index in [0.717, 1.165) is 18.8 Å². The third kappa shape index (κ3) is 2.64. The van der Waals surface area contributed by atoms with Gasteiger partial charge in [-0.2, -0.15) is 0 Å². The molecule has 2 unspecified atom stereocenters. The van der Waals surface area contributed by atoms with Crippen LogP contribution in [0.15, 0.2) is 0 Å². The Kier molecular flexibility index (Phi) is 3.73. The zero-order valence-corrected chi connectivity index (χ0v) is 9.80. The second-order valence-electron chi connectivity index (χ2n) is 4.89. The van der Waals surface area contributed by atoms with Crippen LogP contribution in [0.1, 0.15) is 51.9 Å². The van der Waals surface area contributed by atoms with Crippen LogP contribution < -0.4 is 0 Å². The topological polar surface area (TPSA) is 9.23 Å².